The summed E-state index contributed by atoms with van der Waals surface area (Å²) in [5, 5.41) is 19.6. The summed E-state index contributed by atoms with van der Waals surface area (Å²) in [6, 6.07) is 6.86. The van der Waals surface area contributed by atoms with Crippen LogP contribution in [-0.2, 0) is 11.2 Å². The van der Waals surface area contributed by atoms with Gasteiger partial charge in [0.1, 0.15) is 11.8 Å². The van der Waals surface area contributed by atoms with Crippen molar-refractivity contribution in [1.82, 2.24) is 0 Å². The molecule has 0 aromatic heterocycles. The average Bonchev–Trinajstić information content (AvgIpc) is 3.32. The van der Waals surface area contributed by atoms with Gasteiger partial charge in [0, 0.05) is 10.9 Å². The highest BCUT2D eigenvalue weighted by Gasteiger charge is 2.32. The average molecular weight is 323 g/mol. The molecular formula is C15H15ClN2O2S. The van der Waals surface area contributed by atoms with Crippen LogP contribution in [0.15, 0.2) is 29.5 Å². The van der Waals surface area contributed by atoms with Gasteiger partial charge < -0.3 is 5.11 Å². The molecule has 1 fully saturated rings. The third-order valence-electron chi connectivity index (χ3n) is 3.39. The number of halogens is 1. The van der Waals surface area contributed by atoms with E-state index in [1.807, 2.05) is 6.92 Å². The van der Waals surface area contributed by atoms with Crippen molar-refractivity contribution in [2.45, 2.75) is 26.2 Å². The molecule has 4 nitrogen and oxygen atoms in total. The predicted octanol–water partition coefficient (Wildman–Crippen LogP) is 3.83. The fourth-order valence-electron chi connectivity index (χ4n) is 1.96. The van der Waals surface area contributed by atoms with Crippen molar-refractivity contribution < 1.29 is 9.90 Å². The van der Waals surface area contributed by atoms with E-state index in [2.05, 4.69) is 12.8 Å². The highest BCUT2D eigenvalue weighted by molar-refractivity contribution is 7.82. The Hall–Kier alpha value is -1.64. The molecule has 1 N–H and O–H groups in total. The zero-order valence-electron chi connectivity index (χ0n) is 11.5. The normalized spacial score (nSPS) is 15.1. The second-order valence-corrected chi connectivity index (χ2v) is 5.70. The minimum atomic E-state index is -0.630. The van der Waals surface area contributed by atoms with E-state index < -0.39 is 5.91 Å². The fraction of sp³-hybridized carbons (Fsp3) is 0.333. The van der Waals surface area contributed by atoms with E-state index in [4.69, 9.17) is 16.9 Å². The molecule has 0 saturated heterocycles. The Labute approximate surface area is 134 Å². The Balaban J connectivity index is 2.31. The smallest absolute Gasteiger partial charge is 0.282 e. The van der Waals surface area contributed by atoms with Crippen LogP contribution in [0.4, 0.5) is 5.69 Å². The molecule has 0 atom stereocenters. The summed E-state index contributed by atoms with van der Waals surface area (Å²) in [6.07, 6.45) is 2.33. The zero-order chi connectivity index (χ0) is 15.6. The fourth-order valence-corrected chi connectivity index (χ4v) is 2.44. The number of nitriles is 1. The summed E-state index contributed by atoms with van der Waals surface area (Å²) in [7, 11) is 0. The maximum Gasteiger partial charge on any atom is 0.282 e. The topological polar surface area (TPSA) is 64.3 Å². The molecule has 0 unspecified atom stereocenters. The summed E-state index contributed by atoms with van der Waals surface area (Å²) in [5.74, 6) is -0.831. The molecule has 1 aliphatic rings. The molecule has 21 heavy (non-hydrogen) atoms. The first-order chi connectivity index (χ1) is 9.99. The molecule has 0 bridgehead atoms. The van der Waals surface area contributed by atoms with Gasteiger partial charge in [0.15, 0.2) is 5.57 Å². The Kier molecular flexibility index (Phi) is 4.81. The van der Waals surface area contributed by atoms with Crippen LogP contribution in [-0.4, -0.2) is 11.0 Å². The summed E-state index contributed by atoms with van der Waals surface area (Å²) < 4.78 is 1.06. The van der Waals surface area contributed by atoms with E-state index in [0.29, 0.717) is 10.7 Å². The summed E-state index contributed by atoms with van der Waals surface area (Å²) in [6.45, 7) is 1.95. The number of aryl methyl sites for hydroxylation is 1. The van der Waals surface area contributed by atoms with Gasteiger partial charge in [-0.2, -0.15) is 5.26 Å². The highest BCUT2D eigenvalue weighted by Crippen LogP contribution is 2.37. The van der Waals surface area contributed by atoms with Crippen LogP contribution in [0, 0.1) is 17.2 Å². The largest absolute Gasteiger partial charge is 0.510 e. The molecule has 6 heteroatoms. The number of nitrogens with zero attached hydrogens (tertiary/aromatic N) is 2. The number of carbonyl (C=O) groups excluding carboxylic acids is 1. The quantitative estimate of drug-likeness (QED) is 0.383. The second-order valence-electron chi connectivity index (χ2n) is 4.89. The number of amides is 1. The molecule has 1 aromatic carbocycles. The molecule has 0 heterocycles. The third kappa shape index (κ3) is 3.34. The molecule has 110 valence electrons. The number of aliphatic hydroxyl groups is 1. The molecule has 2 rings (SSSR count). The van der Waals surface area contributed by atoms with E-state index in [1.54, 1.807) is 24.3 Å². The molecule has 1 saturated carbocycles. The van der Waals surface area contributed by atoms with Crippen molar-refractivity contribution in [1.29, 1.82) is 5.26 Å². The number of thiol groups is 1. The Bertz CT molecular complexity index is 648. The van der Waals surface area contributed by atoms with E-state index >= 15 is 0 Å². The lowest BCUT2D eigenvalue weighted by molar-refractivity contribution is -0.113. The summed E-state index contributed by atoms with van der Waals surface area (Å²) in [4.78, 5) is 12.3. The van der Waals surface area contributed by atoms with E-state index in [-0.39, 0.29) is 17.3 Å². The number of allylic oxidation sites excluding steroid dienone is 1. The van der Waals surface area contributed by atoms with Crippen molar-refractivity contribution in [2.24, 2.45) is 5.92 Å². The maximum atomic E-state index is 12.3. The zero-order valence-corrected chi connectivity index (χ0v) is 13.2. The second kappa shape index (κ2) is 6.42. The number of aliphatic hydroxyl groups excluding tert-OH is 1. The van der Waals surface area contributed by atoms with Gasteiger partial charge >= 0.3 is 0 Å². The molecule has 1 aromatic rings. The van der Waals surface area contributed by atoms with Crippen LogP contribution < -0.4 is 4.31 Å². The third-order valence-corrected chi connectivity index (χ3v) is 4.17. The number of carbonyl (C=O) groups is 1. The van der Waals surface area contributed by atoms with Gasteiger partial charge in [0.05, 0.1) is 5.69 Å². The lowest BCUT2D eigenvalue weighted by Gasteiger charge is -2.17. The van der Waals surface area contributed by atoms with E-state index in [1.165, 1.54) is 0 Å². The lowest BCUT2D eigenvalue weighted by atomic mass is 10.1. The highest BCUT2D eigenvalue weighted by atomic mass is 35.5. The van der Waals surface area contributed by atoms with Crippen molar-refractivity contribution in [3.63, 3.8) is 0 Å². The number of anilines is 1. The van der Waals surface area contributed by atoms with Gasteiger partial charge in [-0.1, -0.05) is 31.3 Å². The van der Waals surface area contributed by atoms with Gasteiger partial charge in [0.2, 0.25) is 0 Å². The van der Waals surface area contributed by atoms with Crippen molar-refractivity contribution >= 4 is 36.0 Å². The monoisotopic (exact) mass is 322 g/mol. The Morgan fingerprint density at radius 3 is 2.76 bits per heavy atom. The van der Waals surface area contributed by atoms with E-state index in [9.17, 15) is 9.90 Å². The standard InChI is InChI=1S/C15H15ClN2O2S/c1-2-9-7-11(5-6-13(9)16)18(21)15(20)12(8-17)14(19)10-3-4-10/h5-7,10,19,21H,2-4H2,1H3. The van der Waals surface area contributed by atoms with Crippen LogP contribution in [0.3, 0.4) is 0 Å². The van der Waals surface area contributed by atoms with Gasteiger partial charge in [-0.15, -0.1) is 0 Å². The number of rotatable bonds is 4. The van der Waals surface area contributed by atoms with Crippen LogP contribution in [0.2, 0.25) is 5.02 Å². The first kappa shape index (κ1) is 15.7. The van der Waals surface area contributed by atoms with Gasteiger partial charge in [-0.25, -0.2) is 0 Å². The number of hydrogen-bond acceptors (Lipinski definition) is 4. The van der Waals surface area contributed by atoms with Crippen molar-refractivity contribution in [3.05, 3.63) is 40.1 Å². The summed E-state index contributed by atoms with van der Waals surface area (Å²) >= 11 is 10.2. The van der Waals surface area contributed by atoms with E-state index in [0.717, 1.165) is 29.1 Å². The van der Waals surface area contributed by atoms with Crippen LogP contribution in [0.5, 0.6) is 0 Å². The number of benzene rings is 1. The molecule has 0 spiro atoms. The predicted molar refractivity (Wildman–Crippen MR) is 85.3 cm³/mol. The summed E-state index contributed by atoms with van der Waals surface area (Å²) in [5.41, 5.74) is 1.15. The van der Waals surface area contributed by atoms with Crippen LogP contribution in [0.25, 0.3) is 0 Å². The van der Waals surface area contributed by atoms with Crippen molar-refractivity contribution in [3.8, 4) is 6.07 Å². The molecule has 1 amide bonds. The molecular weight excluding hydrogens is 308 g/mol. The minimum Gasteiger partial charge on any atom is -0.510 e. The van der Waals surface area contributed by atoms with Gasteiger partial charge in [-0.05, 0) is 43.0 Å². The maximum absolute atomic E-state index is 12.3. The van der Waals surface area contributed by atoms with Crippen LogP contribution >= 0.6 is 24.4 Å². The minimum absolute atomic E-state index is 0.0678. The molecule has 0 radical (unpaired) electrons. The first-order valence-corrected chi connectivity index (χ1v) is 7.42. The van der Waals surface area contributed by atoms with Crippen LogP contribution in [0.1, 0.15) is 25.3 Å². The Morgan fingerprint density at radius 1 is 1.57 bits per heavy atom. The van der Waals surface area contributed by atoms with Gasteiger partial charge in [-0.3, -0.25) is 9.10 Å². The van der Waals surface area contributed by atoms with Gasteiger partial charge in [0.25, 0.3) is 5.91 Å². The number of hydrogen-bond donors (Lipinski definition) is 2. The van der Waals surface area contributed by atoms with Crippen molar-refractivity contribution in [2.75, 3.05) is 4.31 Å². The first-order valence-electron chi connectivity index (χ1n) is 6.64. The Morgan fingerprint density at radius 2 is 2.24 bits per heavy atom. The SMILES string of the molecule is CCc1cc(N(S)C(=O)C(C#N)=C(O)C2CC2)ccc1Cl. The lowest BCUT2D eigenvalue weighted by Crippen LogP contribution is -2.23. The molecule has 1 aliphatic carbocycles. The molecule has 0 aliphatic heterocycles.